The van der Waals surface area contributed by atoms with Gasteiger partial charge in [0.1, 0.15) is 0 Å². The second-order valence-electron chi connectivity index (χ2n) is 3.88. The third-order valence-electron chi connectivity index (χ3n) is 2.27. The molecule has 0 aromatic rings. The van der Waals surface area contributed by atoms with E-state index in [2.05, 4.69) is 10.6 Å². The molecular weight excluding hydrogens is 196 g/mol. The smallest absolute Gasteiger partial charge is 0.315 e. The number of carbonyl (C=O) groups is 2. The van der Waals surface area contributed by atoms with Gasteiger partial charge in [0, 0.05) is 19.0 Å². The van der Waals surface area contributed by atoms with Gasteiger partial charge in [0.15, 0.2) is 0 Å². The third kappa shape index (κ3) is 6.76. The Balaban J connectivity index is 1.83. The molecule has 0 aromatic heterocycles. The molecule has 86 valence electrons. The third-order valence-corrected chi connectivity index (χ3v) is 2.27. The van der Waals surface area contributed by atoms with Crippen molar-refractivity contribution in [1.29, 1.82) is 0 Å². The molecule has 0 saturated heterocycles. The zero-order valence-corrected chi connectivity index (χ0v) is 8.79. The first-order valence-electron chi connectivity index (χ1n) is 5.44. The van der Waals surface area contributed by atoms with Crippen LogP contribution in [0.2, 0.25) is 0 Å². The fourth-order valence-corrected chi connectivity index (χ4v) is 1.24. The molecule has 2 amide bonds. The van der Waals surface area contributed by atoms with Gasteiger partial charge in [-0.05, 0) is 25.7 Å². The van der Waals surface area contributed by atoms with Crippen molar-refractivity contribution in [2.75, 3.05) is 6.54 Å². The normalized spacial score (nSPS) is 14.7. The summed E-state index contributed by atoms with van der Waals surface area (Å²) < 4.78 is 0. The van der Waals surface area contributed by atoms with E-state index in [0.29, 0.717) is 19.0 Å². The van der Waals surface area contributed by atoms with E-state index in [1.54, 1.807) is 0 Å². The van der Waals surface area contributed by atoms with Crippen LogP contribution in [0.5, 0.6) is 0 Å². The number of amides is 2. The highest BCUT2D eigenvalue weighted by Crippen LogP contribution is 2.18. The lowest BCUT2D eigenvalue weighted by molar-refractivity contribution is -0.137. The molecule has 0 aromatic carbocycles. The molecule has 0 heterocycles. The SMILES string of the molecule is O=C(O)CCCCCNC(=O)NC1CC1. The fourth-order valence-electron chi connectivity index (χ4n) is 1.24. The average molecular weight is 214 g/mol. The van der Waals surface area contributed by atoms with Gasteiger partial charge in [-0.2, -0.15) is 0 Å². The van der Waals surface area contributed by atoms with Gasteiger partial charge in [0.05, 0.1) is 0 Å². The summed E-state index contributed by atoms with van der Waals surface area (Å²) in [5.41, 5.74) is 0. The lowest BCUT2D eigenvalue weighted by atomic mass is 10.2. The Kier molecular flexibility index (Phi) is 4.93. The Morgan fingerprint density at radius 1 is 1.20 bits per heavy atom. The lowest BCUT2D eigenvalue weighted by Crippen LogP contribution is -2.37. The number of rotatable bonds is 7. The molecule has 1 saturated carbocycles. The van der Waals surface area contributed by atoms with Crippen LogP contribution in [0.4, 0.5) is 4.79 Å². The van der Waals surface area contributed by atoms with E-state index in [1.165, 1.54) is 0 Å². The molecule has 3 N–H and O–H groups in total. The highest BCUT2D eigenvalue weighted by Gasteiger charge is 2.22. The summed E-state index contributed by atoms with van der Waals surface area (Å²) in [5, 5.41) is 13.9. The molecule has 0 radical (unpaired) electrons. The van der Waals surface area contributed by atoms with Crippen molar-refractivity contribution in [2.24, 2.45) is 0 Å². The van der Waals surface area contributed by atoms with Crippen molar-refractivity contribution in [1.82, 2.24) is 10.6 Å². The minimum Gasteiger partial charge on any atom is -0.481 e. The number of urea groups is 1. The predicted octanol–water partition coefficient (Wildman–Crippen LogP) is 1.09. The highest BCUT2D eigenvalue weighted by atomic mass is 16.4. The first-order valence-corrected chi connectivity index (χ1v) is 5.44. The standard InChI is InChI=1S/C10H18N2O3/c13-9(14)4-2-1-3-7-11-10(15)12-8-5-6-8/h8H,1-7H2,(H,13,14)(H2,11,12,15). The van der Waals surface area contributed by atoms with Crippen LogP contribution in [0, 0.1) is 0 Å². The molecule has 0 aliphatic heterocycles. The van der Waals surface area contributed by atoms with Crippen LogP contribution in [-0.4, -0.2) is 29.7 Å². The molecule has 0 bridgehead atoms. The van der Waals surface area contributed by atoms with Crippen molar-refractivity contribution in [3.63, 3.8) is 0 Å². The number of aliphatic carboxylic acids is 1. The molecule has 0 unspecified atom stereocenters. The van der Waals surface area contributed by atoms with Crippen molar-refractivity contribution in [2.45, 2.75) is 44.6 Å². The fraction of sp³-hybridized carbons (Fsp3) is 0.800. The van der Waals surface area contributed by atoms with Crippen molar-refractivity contribution < 1.29 is 14.7 Å². The molecular formula is C10H18N2O3. The second-order valence-corrected chi connectivity index (χ2v) is 3.88. The maximum atomic E-state index is 11.1. The maximum absolute atomic E-state index is 11.1. The number of carbonyl (C=O) groups excluding carboxylic acids is 1. The summed E-state index contributed by atoms with van der Waals surface area (Å²) in [5.74, 6) is -0.755. The summed E-state index contributed by atoms with van der Waals surface area (Å²) in [4.78, 5) is 21.3. The van der Waals surface area contributed by atoms with Gasteiger partial charge in [0.2, 0.25) is 0 Å². The minimum absolute atomic E-state index is 0.101. The largest absolute Gasteiger partial charge is 0.481 e. The second kappa shape index (κ2) is 6.27. The summed E-state index contributed by atoms with van der Waals surface area (Å²) in [6.07, 6.45) is 4.76. The van der Waals surface area contributed by atoms with Gasteiger partial charge in [-0.1, -0.05) is 6.42 Å². The number of carboxylic acid groups (broad SMARTS) is 1. The maximum Gasteiger partial charge on any atom is 0.315 e. The first-order chi connectivity index (χ1) is 7.18. The Hall–Kier alpha value is -1.26. The molecule has 1 aliphatic rings. The van der Waals surface area contributed by atoms with Crippen molar-refractivity contribution >= 4 is 12.0 Å². The van der Waals surface area contributed by atoms with Gasteiger partial charge in [0.25, 0.3) is 0 Å². The molecule has 0 spiro atoms. The first kappa shape index (κ1) is 11.8. The van der Waals surface area contributed by atoms with Crippen LogP contribution >= 0.6 is 0 Å². The van der Waals surface area contributed by atoms with E-state index in [1.807, 2.05) is 0 Å². The van der Waals surface area contributed by atoms with Crippen molar-refractivity contribution in [3.05, 3.63) is 0 Å². The van der Waals surface area contributed by atoms with Crippen LogP contribution < -0.4 is 10.6 Å². The molecule has 1 aliphatic carbocycles. The predicted molar refractivity (Wildman–Crippen MR) is 55.7 cm³/mol. The average Bonchev–Trinajstić information content (AvgIpc) is 2.94. The number of hydrogen-bond donors (Lipinski definition) is 3. The number of carboxylic acids is 1. The monoisotopic (exact) mass is 214 g/mol. The summed E-state index contributed by atoms with van der Waals surface area (Å²) in [7, 11) is 0. The Labute approximate surface area is 89.2 Å². The van der Waals surface area contributed by atoms with Gasteiger partial charge in [-0.25, -0.2) is 4.79 Å². The van der Waals surface area contributed by atoms with E-state index >= 15 is 0 Å². The molecule has 5 heteroatoms. The van der Waals surface area contributed by atoms with Crippen LogP contribution in [0.25, 0.3) is 0 Å². The number of hydrogen-bond acceptors (Lipinski definition) is 2. The molecule has 5 nitrogen and oxygen atoms in total. The summed E-state index contributed by atoms with van der Waals surface area (Å²) in [6.45, 7) is 0.623. The van der Waals surface area contributed by atoms with Crippen LogP contribution in [0.15, 0.2) is 0 Å². The molecule has 1 rings (SSSR count). The summed E-state index contributed by atoms with van der Waals surface area (Å²) >= 11 is 0. The van der Waals surface area contributed by atoms with E-state index in [0.717, 1.165) is 25.7 Å². The van der Waals surface area contributed by atoms with E-state index in [9.17, 15) is 9.59 Å². The van der Waals surface area contributed by atoms with Crippen LogP contribution in [0.3, 0.4) is 0 Å². The summed E-state index contributed by atoms with van der Waals surface area (Å²) in [6, 6.07) is 0.285. The molecule has 0 atom stereocenters. The molecule has 15 heavy (non-hydrogen) atoms. The van der Waals surface area contributed by atoms with Gasteiger partial charge in [-0.15, -0.1) is 0 Å². The van der Waals surface area contributed by atoms with Crippen molar-refractivity contribution in [3.8, 4) is 0 Å². The highest BCUT2D eigenvalue weighted by molar-refractivity contribution is 5.74. The van der Waals surface area contributed by atoms with Gasteiger partial charge >= 0.3 is 12.0 Å². The number of nitrogens with one attached hydrogen (secondary N) is 2. The number of unbranched alkanes of at least 4 members (excludes halogenated alkanes) is 2. The van der Waals surface area contributed by atoms with E-state index in [4.69, 9.17) is 5.11 Å². The Bertz CT molecular complexity index is 227. The van der Waals surface area contributed by atoms with Gasteiger partial charge in [-0.3, -0.25) is 4.79 Å². The lowest BCUT2D eigenvalue weighted by Gasteiger charge is -2.05. The Morgan fingerprint density at radius 3 is 2.53 bits per heavy atom. The van der Waals surface area contributed by atoms with E-state index in [-0.39, 0.29) is 12.5 Å². The quantitative estimate of drug-likeness (QED) is 0.555. The zero-order chi connectivity index (χ0) is 11.1. The van der Waals surface area contributed by atoms with Crippen LogP contribution in [-0.2, 0) is 4.79 Å². The Morgan fingerprint density at radius 2 is 1.93 bits per heavy atom. The van der Waals surface area contributed by atoms with Crippen LogP contribution in [0.1, 0.15) is 38.5 Å². The molecule has 1 fully saturated rings. The zero-order valence-electron chi connectivity index (χ0n) is 8.79. The minimum atomic E-state index is -0.755. The van der Waals surface area contributed by atoms with Gasteiger partial charge < -0.3 is 15.7 Å². The van der Waals surface area contributed by atoms with E-state index < -0.39 is 5.97 Å². The topological polar surface area (TPSA) is 78.4 Å².